The van der Waals surface area contributed by atoms with Crippen LogP contribution >= 0.6 is 0 Å². The van der Waals surface area contributed by atoms with Gasteiger partial charge in [0, 0.05) is 18.2 Å². The molecule has 0 spiro atoms. The summed E-state index contributed by atoms with van der Waals surface area (Å²) in [4.78, 5) is 7.83. The maximum Gasteiger partial charge on any atom is 1.00 e. The van der Waals surface area contributed by atoms with Crippen molar-refractivity contribution in [2.75, 3.05) is 0 Å². The molecular formula is C12H13KN6O. The molecule has 3 aromatic rings. The van der Waals surface area contributed by atoms with E-state index in [4.69, 9.17) is 0 Å². The second kappa shape index (κ2) is 6.00. The van der Waals surface area contributed by atoms with Crippen LogP contribution in [0.2, 0.25) is 0 Å². The molecule has 3 heterocycles. The van der Waals surface area contributed by atoms with Gasteiger partial charge < -0.3 is 20.2 Å². The summed E-state index contributed by atoms with van der Waals surface area (Å²) < 4.78 is 1.69. The van der Waals surface area contributed by atoms with Crippen molar-refractivity contribution < 1.29 is 56.5 Å². The van der Waals surface area contributed by atoms with Crippen LogP contribution in [0.5, 0.6) is 0 Å². The Morgan fingerprint density at radius 1 is 1.45 bits per heavy atom. The molecule has 0 radical (unpaired) electrons. The van der Waals surface area contributed by atoms with Crippen LogP contribution in [0.3, 0.4) is 0 Å². The Bertz CT molecular complexity index is 714. The number of H-pyrrole nitrogens is 1. The quantitative estimate of drug-likeness (QED) is 0.422. The Balaban J connectivity index is 0.00000147. The summed E-state index contributed by atoms with van der Waals surface area (Å²) in [5.41, 5.74) is 1.22. The van der Waals surface area contributed by atoms with E-state index in [-0.39, 0.29) is 51.4 Å². The second-order valence-electron chi connectivity index (χ2n) is 5.02. The van der Waals surface area contributed by atoms with Crippen LogP contribution in [0.25, 0.3) is 22.4 Å². The fraction of sp³-hybridized carbons (Fsp3) is 0.333. The SMILES string of the molecule is CC(C)(O)Cn1ccc(-c2n[nH]c3n[c-]ncc23)n1.[K+]. The van der Waals surface area contributed by atoms with Crippen molar-refractivity contribution in [3.63, 3.8) is 0 Å². The van der Waals surface area contributed by atoms with Gasteiger partial charge in [-0.05, 0) is 25.3 Å². The Hall–Kier alpha value is -0.644. The van der Waals surface area contributed by atoms with Gasteiger partial charge in [-0.15, -0.1) is 0 Å². The third kappa shape index (κ3) is 3.33. The number of nitrogens with one attached hydrogen (secondary N) is 1. The van der Waals surface area contributed by atoms with Gasteiger partial charge >= 0.3 is 51.4 Å². The number of rotatable bonds is 3. The minimum atomic E-state index is -0.811. The topological polar surface area (TPSA) is 92.5 Å². The zero-order chi connectivity index (χ0) is 13.5. The molecule has 3 aromatic heterocycles. The number of aliphatic hydroxyl groups is 1. The van der Waals surface area contributed by atoms with Crippen molar-refractivity contribution in [3.8, 4) is 11.4 Å². The van der Waals surface area contributed by atoms with Crippen LogP contribution in [0.1, 0.15) is 13.8 Å². The summed E-state index contributed by atoms with van der Waals surface area (Å²) in [7, 11) is 0. The molecule has 3 rings (SSSR count). The van der Waals surface area contributed by atoms with Gasteiger partial charge in [-0.2, -0.15) is 10.2 Å². The van der Waals surface area contributed by atoms with E-state index in [9.17, 15) is 5.11 Å². The molecule has 0 aliphatic rings. The van der Waals surface area contributed by atoms with Gasteiger partial charge in [0.05, 0.1) is 17.8 Å². The molecule has 0 fully saturated rings. The maximum atomic E-state index is 9.78. The van der Waals surface area contributed by atoms with Crippen molar-refractivity contribution in [1.82, 2.24) is 29.9 Å². The summed E-state index contributed by atoms with van der Waals surface area (Å²) in [5, 5.41) is 22.0. The number of fused-ring (bicyclic) bond motifs is 1. The molecule has 0 unspecified atom stereocenters. The van der Waals surface area contributed by atoms with Gasteiger partial charge in [0.2, 0.25) is 0 Å². The van der Waals surface area contributed by atoms with E-state index in [1.54, 1.807) is 24.7 Å². The third-order valence-corrected chi connectivity index (χ3v) is 2.63. The van der Waals surface area contributed by atoms with Gasteiger partial charge in [0.1, 0.15) is 5.69 Å². The van der Waals surface area contributed by atoms with E-state index < -0.39 is 5.60 Å². The van der Waals surface area contributed by atoms with E-state index in [0.717, 1.165) is 5.39 Å². The van der Waals surface area contributed by atoms with Gasteiger partial charge in [0.25, 0.3) is 0 Å². The Kier molecular flexibility index (Phi) is 4.72. The summed E-state index contributed by atoms with van der Waals surface area (Å²) in [5.74, 6) is 0. The number of hydrogen-bond acceptors (Lipinski definition) is 5. The normalized spacial score (nSPS) is 11.6. The van der Waals surface area contributed by atoms with Crippen LogP contribution in [-0.2, 0) is 6.54 Å². The molecule has 0 saturated carbocycles. The standard InChI is InChI=1S/C12H13N6O.K/c1-12(2,19)6-18-4-3-9(17-18)10-8-5-13-7-14-11(8)16-15-10;/h3-5,19H,6H2,1-2H3,(H,13,14,15,16);/q-1;+1. The number of hydrogen-bond donors (Lipinski definition) is 2. The predicted octanol–water partition coefficient (Wildman–Crippen LogP) is -2.21. The molecule has 0 aliphatic heterocycles. The van der Waals surface area contributed by atoms with Crippen molar-refractivity contribution in [2.24, 2.45) is 0 Å². The van der Waals surface area contributed by atoms with Gasteiger partial charge in [0.15, 0.2) is 0 Å². The fourth-order valence-corrected chi connectivity index (χ4v) is 1.89. The van der Waals surface area contributed by atoms with Gasteiger partial charge in [-0.25, -0.2) is 0 Å². The van der Waals surface area contributed by atoms with Crippen molar-refractivity contribution >= 4 is 11.0 Å². The van der Waals surface area contributed by atoms with E-state index in [1.165, 1.54) is 0 Å². The number of aromatic amines is 1. The molecule has 0 amide bonds. The summed E-state index contributed by atoms with van der Waals surface area (Å²) in [6.07, 6.45) is 5.96. The van der Waals surface area contributed by atoms with Crippen molar-refractivity contribution in [1.29, 1.82) is 0 Å². The van der Waals surface area contributed by atoms with E-state index in [1.807, 2.05) is 12.3 Å². The number of nitrogens with zero attached hydrogens (tertiary/aromatic N) is 5. The molecular weight excluding hydrogens is 283 g/mol. The zero-order valence-corrected chi connectivity index (χ0v) is 14.7. The van der Waals surface area contributed by atoms with Crippen LogP contribution in [0.4, 0.5) is 0 Å². The average Bonchev–Trinajstić information content (AvgIpc) is 2.92. The van der Waals surface area contributed by atoms with Crippen molar-refractivity contribution in [2.45, 2.75) is 26.0 Å². The van der Waals surface area contributed by atoms with Crippen LogP contribution in [0.15, 0.2) is 18.5 Å². The fourth-order valence-electron chi connectivity index (χ4n) is 1.89. The predicted molar refractivity (Wildman–Crippen MR) is 68.0 cm³/mol. The largest absolute Gasteiger partial charge is 1.00 e. The van der Waals surface area contributed by atoms with Crippen molar-refractivity contribution in [3.05, 3.63) is 24.8 Å². The van der Waals surface area contributed by atoms with Gasteiger partial charge in [-0.3, -0.25) is 4.68 Å². The summed E-state index contributed by atoms with van der Waals surface area (Å²) in [6, 6.07) is 1.85. The summed E-state index contributed by atoms with van der Waals surface area (Å²) in [6.45, 7) is 3.89. The molecule has 0 saturated heterocycles. The first-order chi connectivity index (χ1) is 9.03. The van der Waals surface area contributed by atoms with Gasteiger partial charge in [-0.1, -0.05) is 6.20 Å². The minimum absolute atomic E-state index is 0. The second-order valence-corrected chi connectivity index (χ2v) is 5.02. The smallest absolute Gasteiger partial charge is 0.389 e. The Morgan fingerprint density at radius 3 is 3.00 bits per heavy atom. The molecule has 8 heteroatoms. The monoisotopic (exact) mass is 296 g/mol. The Morgan fingerprint density at radius 2 is 2.25 bits per heavy atom. The molecule has 0 atom stereocenters. The van der Waals surface area contributed by atoms with Crippen LogP contribution < -0.4 is 51.4 Å². The average molecular weight is 296 g/mol. The van der Waals surface area contributed by atoms with Crippen LogP contribution in [0, 0.1) is 6.33 Å². The van der Waals surface area contributed by atoms with E-state index in [0.29, 0.717) is 23.6 Å². The molecule has 0 aliphatic carbocycles. The molecule has 20 heavy (non-hydrogen) atoms. The molecule has 2 N–H and O–H groups in total. The van der Waals surface area contributed by atoms with E-state index >= 15 is 0 Å². The first-order valence-electron chi connectivity index (χ1n) is 5.86. The molecule has 7 nitrogen and oxygen atoms in total. The number of aromatic nitrogens is 6. The molecule has 98 valence electrons. The first kappa shape index (κ1) is 15.7. The third-order valence-electron chi connectivity index (χ3n) is 2.63. The first-order valence-corrected chi connectivity index (χ1v) is 5.86. The molecule has 0 aromatic carbocycles. The van der Waals surface area contributed by atoms with Crippen LogP contribution in [-0.4, -0.2) is 40.7 Å². The Labute approximate surface area is 158 Å². The minimum Gasteiger partial charge on any atom is -0.389 e. The molecule has 0 bridgehead atoms. The summed E-state index contributed by atoms with van der Waals surface area (Å²) >= 11 is 0. The maximum absolute atomic E-state index is 9.78. The zero-order valence-electron chi connectivity index (χ0n) is 11.6. The van der Waals surface area contributed by atoms with E-state index in [2.05, 4.69) is 31.6 Å².